The third kappa shape index (κ3) is 75.7. The van der Waals surface area contributed by atoms with E-state index in [4.69, 9.17) is 18.9 Å². The SMILES string of the molecule is CCCCC(CC)COC(=O)C[S-].CCCCC(CC)COC(=O)C[S-].[CH2]CC(=O)OCCCCCCCCCCCCCCCCCC.[CH2]CC(=O)OCCCCCCCCCCCCCCCCCC.[Sn+2]. The van der Waals surface area contributed by atoms with E-state index >= 15 is 0 Å². The second-order valence-electron chi connectivity index (χ2n) is 20.0. The van der Waals surface area contributed by atoms with Gasteiger partial charge in [0.15, 0.2) is 0 Å². The smallest absolute Gasteiger partial charge is 0.782 e. The van der Waals surface area contributed by atoms with Gasteiger partial charge in [-0.15, -0.1) is 0 Å². The van der Waals surface area contributed by atoms with E-state index in [1.165, 1.54) is 218 Å². The van der Waals surface area contributed by atoms with Crippen LogP contribution in [-0.2, 0) is 63.4 Å². The van der Waals surface area contributed by atoms with Gasteiger partial charge in [-0.05, 0) is 51.4 Å². The van der Waals surface area contributed by atoms with Gasteiger partial charge in [0, 0.05) is 12.8 Å². The first-order valence-corrected chi connectivity index (χ1v) is 31.6. The van der Waals surface area contributed by atoms with Gasteiger partial charge in [-0.25, -0.2) is 0 Å². The Bertz CT molecular complexity index is 1000. The molecule has 0 rings (SSSR count). The minimum Gasteiger partial charge on any atom is -0.782 e. The second-order valence-corrected chi connectivity index (χ2v) is 20.6. The van der Waals surface area contributed by atoms with Crippen LogP contribution in [0.4, 0.5) is 0 Å². The Kier molecular flexibility index (Phi) is 81.7. The molecule has 432 valence electrons. The Labute approximate surface area is 483 Å². The van der Waals surface area contributed by atoms with E-state index in [0.29, 0.717) is 38.3 Å². The van der Waals surface area contributed by atoms with Gasteiger partial charge >= 0.3 is 35.8 Å². The van der Waals surface area contributed by atoms with Gasteiger partial charge in [0.1, 0.15) is 0 Å². The van der Waals surface area contributed by atoms with Crippen LogP contribution in [0.5, 0.6) is 0 Å². The van der Waals surface area contributed by atoms with Crippen molar-refractivity contribution < 1.29 is 38.1 Å². The van der Waals surface area contributed by atoms with Gasteiger partial charge in [-0.1, -0.05) is 284 Å². The molecule has 0 aromatic carbocycles. The van der Waals surface area contributed by atoms with Gasteiger partial charge in [0.25, 0.3) is 11.9 Å². The van der Waals surface area contributed by atoms with E-state index in [1.54, 1.807) is 0 Å². The number of rotatable bonds is 50. The Morgan fingerprint density at radius 1 is 0.329 bits per heavy atom. The summed E-state index contributed by atoms with van der Waals surface area (Å²) in [6.45, 7) is 22.4. The maximum atomic E-state index is 10.9. The predicted molar refractivity (Wildman–Crippen MR) is 320 cm³/mol. The first kappa shape index (κ1) is 81.2. The number of ether oxygens (including phenoxy) is 4. The molecular formula is C62H120O8S2Sn. The molecule has 11 heteroatoms. The molecular weight excluding hydrogens is 1060 g/mol. The van der Waals surface area contributed by atoms with Gasteiger partial charge in [-0.2, -0.15) is 0 Å². The van der Waals surface area contributed by atoms with E-state index in [-0.39, 0.29) is 72.1 Å². The molecule has 73 heavy (non-hydrogen) atoms. The first-order valence-electron chi connectivity index (χ1n) is 30.5. The summed E-state index contributed by atoms with van der Waals surface area (Å²) < 4.78 is 20.0. The third-order valence-electron chi connectivity index (χ3n) is 13.2. The fourth-order valence-electron chi connectivity index (χ4n) is 8.12. The number of carbonyl (C=O) groups excluding carboxylic acids is 4. The summed E-state index contributed by atoms with van der Waals surface area (Å²) in [5.74, 6) is 0.316. The van der Waals surface area contributed by atoms with Gasteiger partial charge in [-0.3, -0.25) is 19.2 Å². The zero-order valence-electron chi connectivity index (χ0n) is 49.1. The van der Waals surface area contributed by atoms with Gasteiger partial charge < -0.3 is 44.2 Å². The molecule has 0 aliphatic rings. The molecule has 0 amide bonds. The van der Waals surface area contributed by atoms with E-state index < -0.39 is 0 Å². The van der Waals surface area contributed by atoms with Crippen molar-refractivity contribution >= 4 is 73.0 Å². The Hall–Kier alpha value is -0.621. The fourth-order valence-corrected chi connectivity index (χ4v) is 8.28. The Morgan fingerprint density at radius 3 is 0.740 bits per heavy atom. The molecule has 0 spiro atoms. The van der Waals surface area contributed by atoms with Crippen molar-refractivity contribution in [3.05, 3.63) is 13.8 Å². The average molecular weight is 1180 g/mol. The first-order chi connectivity index (χ1) is 35.1. The molecule has 2 unspecified atom stereocenters. The quantitative estimate of drug-likeness (QED) is 0.0192. The minimum absolute atomic E-state index is 0. The van der Waals surface area contributed by atoms with Crippen LogP contribution in [0, 0.1) is 25.7 Å². The van der Waals surface area contributed by atoms with Crippen molar-refractivity contribution in [1.82, 2.24) is 0 Å². The predicted octanol–water partition coefficient (Wildman–Crippen LogP) is 18.2. The standard InChI is InChI=1S/2C21H41O2.2C10H20O2S.Sn/c2*1-3-5-6-7-8-9-10-11-12-13-14-15-16-17-18-19-20-23-21(22)4-2;2*1-3-5-6-9(4-2)7-12-10(11)8-13;/h2*2-20H2,1H3;2*9,13H,3-8H2,1-2H3;/q;;;;+2/p-2. The van der Waals surface area contributed by atoms with Crippen molar-refractivity contribution in [3.63, 3.8) is 0 Å². The summed E-state index contributed by atoms with van der Waals surface area (Å²) >= 11 is 9.15. The maximum Gasteiger partial charge on any atom is 2.00 e. The van der Waals surface area contributed by atoms with Gasteiger partial charge in [0.05, 0.1) is 26.4 Å². The molecule has 4 radical (unpaired) electrons. The van der Waals surface area contributed by atoms with Crippen LogP contribution in [0.2, 0.25) is 0 Å². The van der Waals surface area contributed by atoms with Crippen molar-refractivity contribution in [1.29, 1.82) is 0 Å². The molecule has 0 saturated heterocycles. The summed E-state index contributed by atoms with van der Waals surface area (Å²) in [5.41, 5.74) is 0. The van der Waals surface area contributed by atoms with Gasteiger partial charge in [0.2, 0.25) is 0 Å². The Balaban J connectivity index is -0.000000290. The van der Waals surface area contributed by atoms with Crippen LogP contribution in [-0.4, -0.2) is 85.7 Å². The zero-order valence-corrected chi connectivity index (χ0v) is 53.6. The largest absolute Gasteiger partial charge is 2.00 e. The summed E-state index contributed by atoms with van der Waals surface area (Å²) in [7, 11) is 0. The van der Waals surface area contributed by atoms with Crippen molar-refractivity contribution in [2.24, 2.45) is 11.8 Å². The third-order valence-corrected chi connectivity index (χ3v) is 13.7. The molecule has 0 aromatic rings. The van der Waals surface area contributed by atoms with Crippen LogP contribution in [0.15, 0.2) is 0 Å². The molecule has 0 fully saturated rings. The van der Waals surface area contributed by atoms with E-state index in [0.717, 1.165) is 38.5 Å². The molecule has 2 atom stereocenters. The number of esters is 4. The molecule has 8 nitrogen and oxygen atoms in total. The Morgan fingerprint density at radius 2 is 0.548 bits per heavy atom. The molecule has 0 bridgehead atoms. The second kappa shape index (κ2) is 73.5. The topological polar surface area (TPSA) is 105 Å². The monoisotopic (exact) mass is 1180 g/mol. The summed E-state index contributed by atoms with van der Waals surface area (Å²) in [6, 6.07) is 0. The summed E-state index contributed by atoms with van der Waals surface area (Å²) in [6.07, 6.45) is 53.4. The number of carbonyl (C=O) groups is 4. The van der Waals surface area contributed by atoms with Crippen molar-refractivity contribution in [2.45, 2.75) is 311 Å². The number of hydrogen-bond donors (Lipinski definition) is 0. The van der Waals surface area contributed by atoms with Crippen molar-refractivity contribution in [3.8, 4) is 0 Å². The van der Waals surface area contributed by atoms with Crippen LogP contribution >= 0.6 is 0 Å². The molecule has 0 aromatic heterocycles. The van der Waals surface area contributed by atoms with Crippen LogP contribution in [0.1, 0.15) is 311 Å². The van der Waals surface area contributed by atoms with E-state index in [9.17, 15) is 19.2 Å². The van der Waals surface area contributed by atoms with Crippen LogP contribution < -0.4 is 0 Å². The molecule has 0 aliphatic carbocycles. The normalized spacial score (nSPS) is 11.3. The van der Waals surface area contributed by atoms with Crippen LogP contribution in [0.25, 0.3) is 0 Å². The van der Waals surface area contributed by atoms with E-state index in [1.807, 2.05) is 0 Å². The average Bonchev–Trinajstić information content (AvgIpc) is 3.40. The fraction of sp³-hybridized carbons (Fsp3) is 0.903. The van der Waals surface area contributed by atoms with E-state index in [2.05, 4.69) is 80.6 Å². The van der Waals surface area contributed by atoms with Crippen molar-refractivity contribution in [2.75, 3.05) is 37.9 Å². The molecule has 0 saturated carbocycles. The molecule has 0 aliphatic heterocycles. The minimum atomic E-state index is -0.259. The number of unbranched alkanes of at least 4 members (excludes halogenated alkanes) is 32. The van der Waals surface area contributed by atoms with Crippen LogP contribution in [0.3, 0.4) is 0 Å². The zero-order chi connectivity index (χ0) is 54.2. The maximum absolute atomic E-state index is 10.9. The summed E-state index contributed by atoms with van der Waals surface area (Å²) in [4.78, 5) is 43.3. The molecule has 0 heterocycles. The molecule has 0 N–H and O–H groups in total. The number of hydrogen-bond acceptors (Lipinski definition) is 10. The summed E-state index contributed by atoms with van der Waals surface area (Å²) in [5, 5.41) is 0.